The fourth-order valence-corrected chi connectivity index (χ4v) is 1.90. The van der Waals surface area contributed by atoms with Gasteiger partial charge >= 0.3 is 0 Å². The maximum atomic E-state index is 2.37. The van der Waals surface area contributed by atoms with Gasteiger partial charge in [0.1, 0.15) is 0 Å². The van der Waals surface area contributed by atoms with Crippen molar-refractivity contribution in [2.75, 3.05) is 6.26 Å². The molecule has 0 saturated carbocycles. The fourth-order valence-electron chi connectivity index (χ4n) is 0.994. The summed E-state index contributed by atoms with van der Waals surface area (Å²) in [5.74, 6) is 1.48. The Labute approximate surface area is 75.5 Å². The molecule has 1 heteroatoms. The molecule has 0 aromatic rings. The summed E-state index contributed by atoms with van der Waals surface area (Å²) < 4.78 is 0. The molecule has 0 aliphatic rings. The molecule has 0 spiro atoms. The van der Waals surface area contributed by atoms with Crippen molar-refractivity contribution < 1.29 is 0 Å². The predicted molar refractivity (Wildman–Crippen MR) is 55.9 cm³/mol. The second kappa shape index (κ2) is 5.70. The molecular formula is C10H20S. The molecule has 66 valence electrons. The summed E-state index contributed by atoms with van der Waals surface area (Å²) in [4.78, 5) is 1.54. The lowest BCUT2D eigenvalue weighted by Crippen LogP contribution is -1.90. The lowest BCUT2D eigenvalue weighted by atomic mass is 10.1. The van der Waals surface area contributed by atoms with Crippen LogP contribution in [0.2, 0.25) is 0 Å². The number of hydrogen-bond donors (Lipinski definition) is 0. The summed E-state index contributed by atoms with van der Waals surface area (Å²) in [6.45, 7) is 9.00. The maximum Gasteiger partial charge on any atom is -0.0140 e. The molecule has 0 aromatic heterocycles. The molecule has 0 aliphatic heterocycles. The van der Waals surface area contributed by atoms with E-state index >= 15 is 0 Å². The zero-order chi connectivity index (χ0) is 8.85. The third-order valence-electron chi connectivity index (χ3n) is 1.39. The molecule has 0 N–H and O–H groups in total. The van der Waals surface area contributed by atoms with Crippen LogP contribution in [0.25, 0.3) is 0 Å². The second-order valence-electron chi connectivity index (χ2n) is 3.68. The summed E-state index contributed by atoms with van der Waals surface area (Å²) >= 11 is 1.89. The van der Waals surface area contributed by atoms with Crippen LogP contribution in [0.15, 0.2) is 11.0 Å². The number of allylic oxidation sites excluding steroid dienone is 2. The first-order valence-electron chi connectivity index (χ1n) is 4.31. The Morgan fingerprint density at radius 2 is 1.82 bits per heavy atom. The van der Waals surface area contributed by atoms with Crippen molar-refractivity contribution in [2.45, 2.75) is 34.1 Å². The molecule has 0 radical (unpaired) electrons. The molecule has 0 aromatic carbocycles. The standard InChI is InChI=1S/C10H20S/c1-8(2)6-10(11-5)7-9(3)4/h6,8-9H,7H2,1-5H3/b10-6+. The largest absolute Gasteiger partial charge is 0.134 e. The Morgan fingerprint density at radius 1 is 1.27 bits per heavy atom. The van der Waals surface area contributed by atoms with Crippen molar-refractivity contribution in [3.05, 3.63) is 11.0 Å². The lowest BCUT2D eigenvalue weighted by molar-refractivity contribution is 0.653. The molecule has 0 nitrogen and oxygen atoms in total. The van der Waals surface area contributed by atoms with E-state index in [1.54, 1.807) is 0 Å². The van der Waals surface area contributed by atoms with E-state index in [-0.39, 0.29) is 0 Å². The van der Waals surface area contributed by atoms with Gasteiger partial charge in [-0.3, -0.25) is 0 Å². The van der Waals surface area contributed by atoms with E-state index in [0.717, 1.165) is 5.92 Å². The van der Waals surface area contributed by atoms with Gasteiger partial charge in [0.25, 0.3) is 0 Å². The molecule has 0 fully saturated rings. The van der Waals surface area contributed by atoms with Crippen molar-refractivity contribution in [1.82, 2.24) is 0 Å². The molecule has 11 heavy (non-hydrogen) atoms. The molecule has 0 bridgehead atoms. The van der Waals surface area contributed by atoms with Gasteiger partial charge in [-0.05, 0) is 29.4 Å². The van der Waals surface area contributed by atoms with Gasteiger partial charge in [-0.25, -0.2) is 0 Å². The van der Waals surface area contributed by atoms with Crippen molar-refractivity contribution in [3.8, 4) is 0 Å². The van der Waals surface area contributed by atoms with Gasteiger partial charge in [-0.15, -0.1) is 11.8 Å². The van der Waals surface area contributed by atoms with Gasteiger partial charge in [-0.2, -0.15) is 0 Å². The number of rotatable bonds is 4. The molecular weight excluding hydrogens is 152 g/mol. The molecule has 0 amide bonds. The Bertz CT molecular complexity index is 123. The minimum Gasteiger partial charge on any atom is -0.134 e. The maximum absolute atomic E-state index is 2.37. The molecule has 0 rings (SSSR count). The highest BCUT2D eigenvalue weighted by atomic mass is 32.2. The van der Waals surface area contributed by atoms with E-state index < -0.39 is 0 Å². The minimum atomic E-state index is 0.691. The average molecular weight is 172 g/mol. The molecule has 0 saturated heterocycles. The quantitative estimate of drug-likeness (QED) is 0.619. The number of hydrogen-bond acceptors (Lipinski definition) is 1. The van der Waals surface area contributed by atoms with E-state index in [4.69, 9.17) is 0 Å². The summed E-state index contributed by atoms with van der Waals surface area (Å²) in [5.41, 5.74) is 0. The Balaban J connectivity index is 3.94. The van der Waals surface area contributed by atoms with Gasteiger partial charge in [0.05, 0.1) is 0 Å². The van der Waals surface area contributed by atoms with E-state index in [1.807, 2.05) is 11.8 Å². The normalized spacial score (nSPS) is 13.2. The highest BCUT2D eigenvalue weighted by Crippen LogP contribution is 2.22. The summed E-state index contributed by atoms with van der Waals surface area (Å²) in [5, 5.41) is 0. The summed E-state index contributed by atoms with van der Waals surface area (Å²) in [6, 6.07) is 0. The molecule has 0 atom stereocenters. The van der Waals surface area contributed by atoms with Crippen molar-refractivity contribution in [3.63, 3.8) is 0 Å². The van der Waals surface area contributed by atoms with Crippen LogP contribution in [0, 0.1) is 11.8 Å². The van der Waals surface area contributed by atoms with Gasteiger partial charge in [0.2, 0.25) is 0 Å². The van der Waals surface area contributed by atoms with E-state index in [1.165, 1.54) is 11.3 Å². The van der Waals surface area contributed by atoms with Crippen LogP contribution in [0.3, 0.4) is 0 Å². The monoisotopic (exact) mass is 172 g/mol. The van der Waals surface area contributed by atoms with Crippen molar-refractivity contribution >= 4 is 11.8 Å². The van der Waals surface area contributed by atoms with Gasteiger partial charge in [0.15, 0.2) is 0 Å². The van der Waals surface area contributed by atoms with Crippen LogP contribution in [0.5, 0.6) is 0 Å². The lowest BCUT2D eigenvalue weighted by Gasteiger charge is -2.08. The third kappa shape index (κ3) is 6.49. The van der Waals surface area contributed by atoms with Crippen LogP contribution >= 0.6 is 11.8 Å². The first-order valence-corrected chi connectivity index (χ1v) is 5.53. The average Bonchev–Trinajstić information content (AvgIpc) is 1.84. The highest BCUT2D eigenvalue weighted by Gasteiger charge is 2.00. The van der Waals surface area contributed by atoms with Crippen molar-refractivity contribution in [1.29, 1.82) is 0 Å². The van der Waals surface area contributed by atoms with Crippen LogP contribution in [-0.2, 0) is 0 Å². The van der Waals surface area contributed by atoms with Gasteiger partial charge < -0.3 is 0 Å². The summed E-state index contributed by atoms with van der Waals surface area (Å²) in [6.07, 6.45) is 5.76. The third-order valence-corrected chi connectivity index (χ3v) is 2.22. The number of thioether (sulfide) groups is 1. The SMILES string of the molecule is CS/C(=C/C(C)C)CC(C)C. The van der Waals surface area contributed by atoms with Crippen LogP contribution < -0.4 is 0 Å². The Kier molecular flexibility index (Phi) is 5.75. The van der Waals surface area contributed by atoms with Crippen LogP contribution in [0.4, 0.5) is 0 Å². The van der Waals surface area contributed by atoms with Crippen molar-refractivity contribution in [2.24, 2.45) is 11.8 Å². The van der Waals surface area contributed by atoms with Gasteiger partial charge in [0, 0.05) is 0 Å². The second-order valence-corrected chi connectivity index (χ2v) is 4.61. The van der Waals surface area contributed by atoms with Gasteiger partial charge in [-0.1, -0.05) is 33.8 Å². The molecule has 0 unspecified atom stereocenters. The predicted octanol–water partition coefficient (Wildman–Crippen LogP) is 3.94. The molecule has 0 aliphatic carbocycles. The zero-order valence-electron chi connectivity index (χ0n) is 8.35. The summed E-state index contributed by atoms with van der Waals surface area (Å²) in [7, 11) is 0. The van der Waals surface area contributed by atoms with E-state index in [9.17, 15) is 0 Å². The first-order chi connectivity index (χ1) is 5.06. The smallest absolute Gasteiger partial charge is 0.0140 e. The van der Waals surface area contributed by atoms with Crippen LogP contribution in [-0.4, -0.2) is 6.26 Å². The first kappa shape index (κ1) is 11.1. The fraction of sp³-hybridized carbons (Fsp3) is 0.800. The highest BCUT2D eigenvalue weighted by molar-refractivity contribution is 8.02. The minimum absolute atomic E-state index is 0.691. The zero-order valence-corrected chi connectivity index (χ0v) is 9.16. The van der Waals surface area contributed by atoms with E-state index in [2.05, 4.69) is 40.0 Å². The molecule has 0 heterocycles. The Morgan fingerprint density at radius 3 is 2.09 bits per heavy atom. The van der Waals surface area contributed by atoms with Crippen LogP contribution in [0.1, 0.15) is 34.1 Å². The topological polar surface area (TPSA) is 0 Å². The Hall–Kier alpha value is 0.0900. The van der Waals surface area contributed by atoms with E-state index in [0.29, 0.717) is 5.92 Å².